The molecule has 0 aromatic carbocycles. The molecule has 0 amide bonds. The van der Waals surface area contributed by atoms with Gasteiger partial charge < -0.3 is 5.11 Å². The van der Waals surface area contributed by atoms with E-state index in [0.29, 0.717) is 16.9 Å². The standard InChI is InChI=1S/C10H9BrN2O2/c1-6-8(5-14)10(15)13-3-2-7(11)4-9(13)12-6/h2-4,14H,5H2,1H3. The Morgan fingerprint density at radius 3 is 3.00 bits per heavy atom. The molecule has 2 rings (SSSR count). The SMILES string of the molecule is Cc1nc2cc(Br)ccn2c(=O)c1CO. The van der Waals surface area contributed by atoms with Gasteiger partial charge in [-0.25, -0.2) is 4.98 Å². The van der Waals surface area contributed by atoms with Gasteiger partial charge >= 0.3 is 0 Å². The number of halogens is 1. The van der Waals surface area contributed by atoms with Gasteiger partial charge in [0.25, 0.3) is 5.56 Å². The van der Waals surface area contributed by atoms with Crippen molar-refractivity contribution in [1.29, 1.82) is 0 Å². The van der Waals surface area contributed by atoms with E-state index in [-0.39, 0.29) is 12.2 Å². The van der Waals surface area contributed by atoms with Gasteiger partial charge in [0.1, 0.15) is 5.65 Å². The zero-order valence-electron chi connectivity index (χ0n) is 8.07. The van der Waals surface area contributed by atoms with Gasteiger partial charge in [0.2, 0.25) is 0 Å². The molecule has 15 heavy (non-hydrogen) atoms. The lowest BCUT2D eigenvalue weighted by atomic mass is 10.2. The van der Waals surface area contributed by atoms with E-state index in [2.05, 4.69) is 20.9 Å². The van der Waals surface area contributed by atoms with Crippen LogP contribution in [-0.2, 0) is 6.61 Å². The van der Waals surface area contributed by atoms with Crippen LogP contribution in [0.25, 0.3) is 5.65 Å². The maximum Gasteiger partial charge on any atom is 0.263 e. The summed E-state index contributed by atoms with van der Waals surface area (Å²) >= 11 is 3.31. The lowest BCUT2D eigenvalue weighted by Gasteiger charge is -2.05. The second kappa shape index (κ2) is 3.75. The molecule has 0 aliphatic carbocycles. The first-order valence-corrected chi connectivity index (χ1v) is 5.21. The van der Waals surface area contributed by atoms with E-state index < -0.39 is 0 Å². The molecule has 0 unspecified atom stereocenters. The maximum atomic E-state index is 11.8. The molecule has 0 radical (unpaired) electrons. The van der Waals surface area contributed by atoms with Crippen molar-refractivity contribution in [2.45, 2.75) is 13.5 Å². The number of aromatic nitrogens is 2. The van der Waals surface area contributed by atoms with Gasteiger partial charge in [-0.15, -0.1) is 0 Å². The highest BCUT2D eigenvalue weighted by molar-refractivity contribution is 9.10. The van der Waals surface area contributed by atoms with Crippen LogP contribution in [0, 0.1) is 6.92 Å². The molecular weight excluding hydrogens is 260 g/mol. The van der Waals surface area contributed by atoms with Crippen LogP contribution in [0.1, 0.15) is 11.3 Å². The lowest BCUT2D eigenvalue weighted by Crippen LogP contribution is -2.21. The van der Waals surface area contributed by atoms with Crippen molar-refractivity contribution >= 4 is 21.6 Å². The molecule has 2 heterocycles. The minimum atomic E-state index is -0.281. The maximum absolute atomic E-state index is 11.8. The number of aryl methyl sites for hydroxylation is 1. The summed E-state index contributed by atoms with van der Waals surface area (Å²) in [4.78, 5) is 16.1. The van der Waals surface area contributed by atoms with E-state index in [1.165, 1.54) is 4.40 Å². The number of hydrogen-bond donors (Lipinski definition) is 1. The number of aliphatic hydroxyl groups excluding tert-OH is 1. The number of rotatable bonds is 1. The molecular formula is C10H9BrN2O2. The average Bonchev–Trinajstić information content (AvgIpc) is 2.17. The number of pyridine rings is 1. The molecule has 0 aliphatic rings. The van der Waals surface area contributed by atoms with Gasteiger partial charge in [-0.1, -0.05) is 15.9 Å². The summed E-state index contributed by atoms with van der Waals surface area (Å²) in [6.45, 7) is 1.44. The Morgan fingerprint density at radius 2 is 2.33 bits per heavy atom. The summed E-state index contributed by atoms with van der Waals surface area (Å²) in [5.74, 6) is 0. The monoisotopic (exact) mass is 268 g/mol. The highest BCUT2D eigenvalue weighted by Crippen LogP contribution is 2.11. The normalized spacial score (nSPS) is 10.9. The molecule has 0 spiro atoms. The third-order valence-corrected chi connectivity index (χ3v) is 2.74. The van der Waals surface area contributed by atoms with Gasteiger partial charge in [-0.3, -0.25) is 9.20 Å². The van der Waals surface area contributed by atoms with Crippen LogP contribution in [0.15, 0.2) is 27.6 Å². The summed E-state index contributed by atoms with van der Waals surface area (Å²) in [7, 11) is 0. The number of aliphatic hydroxyl groups is 1. The van der Waals surface area contributed by atoms with Crippen LogP contribution in [0.4, 0.5) is 0 Å². The zero-order valence-corrected chi connectivity index (χ0v) is 9.65. The first kappa shape index (κ1) is 10.3. The number of hydrogen-bond acceptors (Lipinski definition) is 3. The van der Waals surface area contributed by atoms with Crippen molar-refractivity contribution in [2.24, 2.45) is 0 Å². The van der Waals surface area contributed by atoms with Crippen molar-refractivity contribution in [3.8, 4) is 0 Å². The summed E-state index contributed by atoms with van der Waals surface area (Å²) in [5.41, 5.74) is 1.27. The minimum Gasteiger partial charge on any atom is -0.391 e. The molecule has 2 aromatic heterocycles. The topological polar surface area (TPSA) is 54.6 Å². The molecule has 0 aliphatic heterocycles. The fourth-order valence-electron chi connectivity index (χ4n) is 1.44. The molecule has 5 heteroatoms. The van der Waals surface area contributed by atoms with Gasteiger partial charge in [0.15, 0.2) is 0 Å². The molecule has 1 N–H and O–H groups in total. The Bertz CT molecular complexity index is 577. The zero-order chi connectivity index (χ0) is 11.0. The highest BCUT2D eigenvalue weighted by atomic mass is 79.9. The predicted octanol–water partition coefficient (Wildman–Crippen LogP) is 1.26. The van der Waals surface area contributed by atoms with Crippen LogP contribution < -0.4 is 5.56 Å². The van der Waals surface area contributed by atoms with E-state index in [4.69, 9.17) is 5.11 Å². The second-order valence-corrected chi connectivity index (χ2v) is 4.13. The summed E-state index contributed by atoms with van der Waals surface area (Å²) < 4.78 is 2.29. The van der Waals surface area contributed by atoms with Crippen LogP contribution in [-0.4, -0.2) is 14.5 Å². The van der Waals surface area contributed by atoms with Gasteiger partial charge in [-0.2, -0.15) is 0 Å². The Hall–Kier alpha value is -1.20. The molecule has 0 fully saturated rings. The summed E-state index contributed by atoms with van der Waals surface area (Å²) in [5, 5.41) is 9.05. The quantitative estimate of drug-likeness (QED) is 0.847. The van der Waals surface area contributed by atoms with Crippen molar-refractivity contribution in [2.75, 3.05) is 0 Å². The lowest BCUT2D eigenvalue weighted by molar-refractivity contribution is 0.278. The van der Waals surface area contributed by atoms with Crippen LogP contribution >= 0.6 is 15.9 Å². The van der Waals surface area contributed by atoms with E-state index in [9.17, 15) is 4.79 Å². The van der Waals surface area contributed by atoms with E-state index in [1.54, 1.807) is 25.3 Å². The van der Waals surface area contributed by atoms with E-state index >= 15 is 0 Å². The molecule has 0 atom stereocenters. The third-order valence-electron chi connectivity index (χ3n) is 2.25. The van der Waals surface area contributed by atoms with Crippen molar-refractivity contribution in [3.05, 3.63) is 44.4 Å². The first-order valence-electron chi connectivity index (χ1n) is 4.41. The molecule has 78 valence electrons. The van der Waals surface area contributed by atoms with Crippen molar-refractivity contribution in [1.82, 2.24) is 9.38 Å². The Labute approximate surface area is 94.3 Å². The van der Waals surface area contributed by atoms with Crippen LogP contribution in [0.5, 0.6) is 0 Å². The Morgan fingerprint density at radius 1 is 1.60 bits per heavy atom. The fraction of sp³-hybridized carbons (Fsp3) is 0.200. The van der Waals surface area contributed by atoms with Crippen molar-refractivity contribution in [3.63, 3.8) is 0 Å². The fourth-order valence-corrected chi connectivity index (χ4v) is 1.77. The van der Waals surface area contributed by atoms with Crippen LogP contribution in [0.3, 0.4) is 0 Å². The van der Waals surface area contributed by atoms with E-state index in [0.717, 1.165) is 4.47 Å². The molecule has 0 saturated heterocycles. The largest absolute Gasteiger partial charge is 0.391 e. The summed E-state index contributed by atoms with van der Waals surface area (Å²) in [6, 6.07) is 3.52. The Kier molecular flexibility index (Phi) is 2.58. The molecule has 0 saturated carbocycles. The number of fused-ring (bicyclic) bond motifs is 1. The minimum absolute atomic E-state index is 0.215. The molecule has 2 aromatic rings. The van der Waals surface area contributed by atoms with E-state index in [1.807, 2.05) is 0 Å². The highest BCUT2D eigenvalue weighted by Gasteiger charge is 2.08. The third kappa shape index (κ3) is 1.68. The number of nitrogens with zero attached hydrogens (tertiary/aromatic N) is 2. The van der Waals surface area contributed by atoms with Gasteiger partial charge in [0.05, 0.1) is 17.9 Å². The second-order valence-electron chi connectivity index (χ2n) is 3.21. The Balaban J connectivity index is 2.91. The van der Waals surface area contributed by atoms with Gasteiger partial charge in [0, 0.05) is 10.7 Å². The van der Waals surface area contributed by atoms with Gasteiger partial charge in [-0.05, 0) is 19.1 Å². The average molecular weight is 269 g/mol. The smallest absolute Gasteiger partial charge is 0.263 e. The molecule has 4 nitrogen and oxygen atoms in total. The van der Waals surface area contributed by atoms with Crippen molar-refractivity contribution < 1.29 is 5.11 Å². The predicted molar refractivity (Wildman–Crippen MR) is 59.8 cm³/mol. The molecule has 0 bridgehead atoms. The summed E-state index contributed by atoms with van der Waals surface area (Å²) in [6.07, 6.45) is 1.63. The first-order chi connectivity index (χ1) is 7.13. The van der Waals surface area contributed by atoms with Crippen LogP contribution in [0.2, 0.25) is 0 Å².